The molecule has 0 spiro atoms. The first kappa shape index (κ1) is 28.2. The average Bonchev–Trinajstić information content (AvgIpc) is 3.36. The third kappa shape index (κ3) is 8.34. The maximum absolute atomic E-state index is 12.6. The van der Waals surface area contributed by atoms with Gasteiger partial charge in [0.05, 0.1) is 6.61 Å². The first-order valence-electron chi connectivity index (χ1n) is 12.4. The number of carboxylic acids is 1. The van der Waals surface area contributed by atoms with Gasteiger partial charge in [-0.15, -0.1) is 0 Å². The van der Waals surface area contributed by atoms with Gasteiger partial charge in [-0.1, -0.05) is 40.5 Å². The van der Waals surface area contributed by atoms with Gasteiger partial charge in [0, 0.05) is 16.6 Å². The molecule has 1 fully saturated rings. The monoisotopic (exact) mass is 528 g/mol. The van der Waals surface area contributed by atoms with Crippen molar-refractivity contribution < 1.29 is 24.2 Å². The molecule has 0 saturated carbocycles. The summed E-state index contributed by atoms with van der Waals surface area (Å²) >= 11 is 0. The SMILES string of the molecule is Cc1cc(/C=C/C(=O)c2ccc(OCCCCCC3CCSS3)cc2)cc(C)c1OC(C)(C)C(=O)O. The summed E-state index contributed by atoms with van der Waals surface area (Å²) in [5.74, 6) is 1.51. The van der Waals surface area contributed by atoms with Crippen molar-refractivity contribution in [2.45, 2.75) is 70.7 Å². The summed E-state index contributed by atoms with van der Waals surface area (Å²) in [7, 11) is 4.04. The van der Waals surface area contributed by atoms with Crippen molar-refractivity contribution in [3.05, 3.63) is 64.7 Å². The van der Waals surface area contributed by atoms with Crippen molar-refractivity contribution in [1.82, 2.24) is 0 Å². The van der Waals surface area contributed by atoms with Crippen molar-refractivity contribution in [1.29, 1.82) is 0 Å². The Morgan fingerprint density at radius 1 is 1.08 bits per heavy atom. The highest BCUT2D eigenvalue weighted by Gasteiger charge is 2.30. The minimum atomic E-state index is -1.33. The Hall–Kier alpha value is -2.38. The molecule has 1 heterocycles. The van der Waals surface area contributed by atoms with Gasteiger partial charge < -0.3 is 14.6 Å². The fourth-order valence-corrected chi connectivity index (χ4v) is 6.96. The van der Waals surface area contributed by atoms with Crippen LogP contribution in [-0.4, -0.2) is 40.1 Å². The van der Waals surface area contributed by atoms with E-state index in [2.05, 4.69) is 0 Å². The molecule has 1 atom stereocenters. The minimum Gasteiger partial charge on any atom is -0.494 e. The van der Waals surface area contributed by atoms with Crippen LogP contribution in [0.3, 0.4) is 0 Å². The number of benzene rings is 2. The molecule has 0 aromatic heterocycles. The number of rotatable bonds is 13. The molecule has 1 unspecified atom stereocenters. The lowest BCUT2D eigenvalue weighted by Crippen LogP contribution is -2.38. The highest BCUT2D eigenvalue weighted by atomic mass is 33.1. The number of hydrogen-bond acceptors (Lipinski definition) is 6. The highest BCUT2D eigenvalue weighted by Crippen LogP contribution is 2.39. The van der Waals surface area contributed by atoms with E-state index in [1.165, 1.54) is 45.3 Å². The standard InChI is InChI=1S/C29H36O5S2/c1-20-18-22(19-21(2)27(20)34-29(3,4)28(31)32)9-14-26(30)23-10-12-24(13-11-23)33-16-7-5-6-8-25-15-17-35-36-25/h9-14,18-19,25H,5-8,15-17H2,1-4H3,(H,31,32)/b14-9+. The van der Waals surface area contributed by atoms with Crippen molar-refractivity contribution in [3.63, 3.8) is 0 Å². The predicted octanol–water partition coefficient (Wildman–Crippen LogP) is 7.53. The molecule has 2 aromatic carbocycles. The van der Waals surface area contributed by atoms with Gasteiger partial charge in [0.25, 0.3) is 0 Å². The number of hydrogen-bond donors (Lipinski definition) is 1. The van der Waals surface area contributed by atoms with Gasteiger partial charge >= 0.3 is 5.97 Å². The maximum Gasteiger partial charge on any atom is 0.347 e. The van der Waals surface area contributed by atoms with Gasteiger partial charge in [0.2, 0.25) is 0 Å². The molecule has 1 N–H and O–H groups in total. The van der Waals surface area contributed by atoms with E-state index in [1.54, 1.807) is 24.3 Å². The summed E-state index contributed by atoms with van der Waals surface area (Å²) in [6.45, 7) is 7.47. The number of carbonyl (C=O) groups is 2. The molecule has 2 aromatic rings. The third-order valence-corrected chi connectivity index (χ3v) is 9.09. The molecule has 7 heteroatoms. The topological polar surface area (TPSA) is 72.8 Å². The average molecular weight is 529 g/mol. The second-order valence-corrected chi connectivity index (χ2v) is 12.4. The van der Waals surface area contributed by atoms with Crippen molar-refractivity contribution in [2.75, 3.05) is 12.4 Å². The molecule has 1 aliphatic heterocycles. The largest absolute Gasteiger partial charge is 0.494 e. The van der Waals surface area contributed by atoms with Gasteiger partial charge in [-0.2, -0.15) is 0 Å². The summed E-state index contributed by atoms with van der Waals surface area (Å²) in [6, 6.07) is 11.0. The van der Waals surface area contributed by atoms with Crippen LogP contribution in [0.15, 0.2) is 42.5 Å². The lowest BCUT2D eigenvalue weighted by molar-refractivity contribution is -0.152. The van der Waals surface area contributed by atoms with Crippen LogP contribution in [0.25, 0.3) is 6.08 Å². The summed E-state index contributed by atoms with van der Waals surface area (Å²) in [5.41, 5.74) is 1.75. The van der Waals surface area contributed by atoms with Crippen LogP contribution >= 0.6 is 21.6 Å². The number of ketones is 1. The normalized spacial score (nSPS) is 15.8. The molecular formula is C29H36O5S2. The van der Waals surface area contributed by atoms with Crippen LogP contribution in [0.5, 0.6) is 11.5 Å². The molecule has 36 heavy (non-hydrogen) atoms. The van der Waals surface area contributed by atoms with Gasteiger partial charge in [0.15, 0.2) is 11.4 Å². The molecule has 5 nitrogen and oxygen atoms in total. The Bertz CT molecular complexity index is 1050. The number of aryl methyl sites for hydroxylation is 2. The number of allylic oxidation sites excluding steroid dienone is 1. The Morgan fingerprint density at radius 3 is 2.39 bits per heavy atom. The number of aliphatic carboxylic acids is 1. The molecular weight excluding hydrogens is 492 g/mol. The van der Waals surface area contributed by atoms with Crippen LogP contribution in [0.4, 0.5) is 0 Å². The summed E-state index contributed by atoms with van der Waals surface area (Å²) in [6.07, 6.45) is 9.46. The Morgan fingerprint density at radius 2 is 1.78 bits per heavy atom. The van der Waals surface area contributed by atoms with E-state index in [4.69, 9.17) is 9.47 Å². The van der Waals surface area contributed by atoms with E-state index in [-0.39, 0.29) is 5.78 Å². The van der Waals surface area contributed by atoms with E-state index in [0.717, 1.165) is 34.1 Å². The second kappa shape index (κ2) is 13.2. The predicted molar refractivity (Wildman–Crippen MR) is 150 cm³/mol. The minimum absolute atomic E-state index is 0.0906. The Balaban J connectivity index is 1.48. The first-order chi connectivity index (χ1) is 17.2. The van der Waals surface area contributed by atoms with Crippen LogP contribution in [0, 0.1) is 13.8 Å². The molecule has 0 radical (unpaired) electrons. The molecule has 0 aliphatic carbocycles. The number of carboxylic acid groups (broad SMARTS) is 1. The molecule has 1 aliphatic rings. The zero-order chi connectivity index (χ0) is 26.1. The molecule has 1 saturated heterocycles. The van der Waals surface area contributed by atoms with E-state index < -0.39 is 11.6 Å². The first-order valence-corrected chi connectivity index (χ1v) is 14.8. The lowest BCUT2D eigenvalue weighted by atomic mass is 10.0. The van der Waals surface area contributed by atoms with Gasteiger partial charge in [0.1, 0.15) is 11.5 Å². The molecule has 0 amide bonds. The highest BCUT2D eigenvalue weighted by molar-refractivity contribution is 8.77. The molecule has 3 rings (SSSR count). The molecule has 0 bridgehead atoms. The fraction of sp³-hybridized carbons (Fsp3) is 0.448. The number of carbonyl (C=O) groups excluding carboxylic acids is 1. The summed E-state index contributed by atoms with van der Waals surface area (Å²) < 4.78 is 11.6. The van der Waals surface area contributed by atoms with Gasteiger partial charge in [-0.05, 0) is 106 Å². The van der Waals surface area contributed by atoms with E-state index in [9.17, 15) is 14.7 Å². The molecule has 194 valence electrons. The fourth-order valence-electron chi connectivity index (χ4n) is 3.93. The van der Waals surface area contributed by atoms with E-state index in [0.29, 0.717) is 17.9 Å². The maximum atomic E-state index is 12.6. The summed E-state index contributed by atoms with van der Waals surface area (Å²) in [4.78, 5) is 24.0. The number of unbranched alkanes of at least 4 members (excludes halogenated alkanes) is 2. The lowest BCUT2D eigenvalue weighted by Gasteiger charge is -2.24. The van der Waals surface area contributed by atoms with Crippen molar-refractivity contribution >= 4 is 39.4 Å². The Kier molecular flexibility index (Phi) is 10.4. The van der Waals surface area contributed by atoms with Crippen LogP contribution in [0.1, 0.15) is 73.0 Å². The van der Waals surface area contributed by atoms with Crippen molar-refractivity contribution in [3.8, 4) is 11.5 Å². The zero-order valence-corrected chi connectivity index (χ0v) is 23.2. The zero-order valence-electron chi connectivity index (χ0n) is 21.5. The quantitative estimate of drug-likeness (QED) is 0.125. The van der Waals surface area contributed by atoms with Crippen LogP contribution in [0.2, 0.25) is 0 Å². The van der Waals surface area contributed by atoms with Gasteiger partial charge in [-0.25, -0.2) is 4.79 Å². The smallest absolute Gasteiger partial charge is 0.347 e. The third-order valence-electron chi connectivity index (χ3n) is 6.09. The summed E-state index contributed by atoms with van der Waals surface area (Å²) in [5, 5.41) is 10.2. The van der Waals surface area contributed by atoms with Crippen LogP contribution in [-0.2, 0) is 4.79 Å². The second-order valence-electron chi connectivity index (χ2n) is 9.65. The van der Waals surface area contributed by atoms with E-state index in [1.807, 2.05) is 59.7 Å². The van der Waals surface area contributed by atoms with Crippen molar-refractivity contribution in [2.24, 2.45) is 0 Å². The number of ether oxygens (including phenoxy) is 2. The van der Waals surface area contributed by atoms with Gasteiger partial charge in [-0.3, -0.25) is 4.79 Å². The Labute approximate surface area is 222 Å². The van der Waals surface area contributed by atoms with Crippen LogP contribution < -0.4 is 9.47 Å². The van der Waals surface area contributed by atoms with E-state index >= 15 is 0 Å².